The van der Waals surface area contributed by atoms with Gasteiger partial charge in [-0.1, -0.05) is 13.8 Å². The Morgan fingerprint density at radius 1 is 1.24 bits per heavy atom. The lowest BCUT2D eigenvalue weighted by molar-refractivity contribution is -0.146. The predicted molar refractivity (Wildman–Crippen MR) is 75.4 cm³/mol. The number of nitrogens with one attached hydrogen (secondary N) is 1. The molecule has 21 heavy (non-hydrogen) atoms. The molecule has 3 N–H and O–H groups in total. The third-order valence-corrected chi connectivity index (χ3v) is 3.64. The molecule has 120 valence electrons. The Morgan fingerprint density at radius 3 is 2.33 bits per heavy atom. The number of aliphatic hydroxyl groups is 1. The summed E-state index contributed by atoms with van der Waals surface area (Å²) in [5.74, 6) is -2.26. The summed E-state index contributed by atoms with van der Waals surface area (Å²) >= 11 is 0. The van der Waals surface area contributed by atoms with E-state index in [9.17, 15) is 19.5 Å². The van der Waals surface area contributed by atoms with E-state index in [1.54, 1.807) is 18.7 Å². The molecular formula is C14H24N2O5. The minimum atomic E-state index is -1.33. The number of carboxylic acids is 1. The summed E-state index contributed by atoms with van der Waals surface area (Å²) in [7, 11) is 0. The number of nitrogens with zero attached hydrogens (tertiary/aromatic N) is 1. The van der Waals surface area contributed by atoms with Gasteiger partial charge in [0, 0.05) is 19.0 Å². The molecule has 0 aromatic heterocycles. The van der Waals surface area contributed by atoms with Gasteiger partial charge in [-0.3, -0.25) is 9.59 Å². The number of carbonyl (C=O) groups excluding carboxylic acids is 2. The molecule has 1 aliphatic heterocycles. The highest BCUT2D eigenvalue weighted by atomic mass is 16.4. The van der Waals surface area contributed by atoms with Crippen molar-refractivity contribution in [2.24, 2.45) is 11.8 Å². The topological polar surface area (TPSA) is 107 Å². The van der Waals surface area contributed by atoms with Crippen molar-refractivity contribution in [3.05, 3.63) is 0 Å². The van der Waals surface area contributed by atoms with Crippen LogP contribution in [-0.2, 0) is 14.4 Å². The number of piperidine rings is 1. The molecule has 0 aromatic rings. The maximum atomic E-state index is 12.1. The Kier molecular flexibility index (Phi) is 6.14. The summed E-state index contributed by atoms with van der Waals surface area (Å²) in [6.07, 6.45) is 0.145. The number of hydrogen-bond donors (Lipinski definition) is 3. The van der Waals surface area contributed by atoms with Crippen LogP contribution in [0.1, 0.15) is 33.6 Å². The van der Waals surface area contributed by atoms with Crippen LogP contribution in [0.15, 0.2) is 0 Å². The zero-order chi connectivity index (χ0) is 16.2. The number of aliphatic hydroxyl groups excluding tert-OH is 1. The second kappa shape index (κ2) is 7.40. The first kappa shape index (κ1) is 17.4. The fourth-order valence-corrected chi connectivity index (χ4v) is 2.42. The Morgan fingerprint density at radius 2 is 1.86 bits per heavy atom. The smallest absolute Gasteiger partial charge is 0.328 e. The summed E-state index contributed by atoms with van der Waals surface area (Å²) in [4.78, 5) is 36.7. The predicted octanol–water partition coefficient (Wildman–Crippen LogP) is -0.169. The molecule has 1 fully saturated rings. The summed E-state index contributed by atoms with van der Waals surface area (Å²) in [6, 6.07) is -1.33. The molecule has 3 atom stereocenters. The fourth-order valence-electron chi connectivity index (χ4n) is 2.42. The molecule has 1 unspecified atom stereocenters. The molecule has 7 heteroatoms. The maximum Gasteiger partial charge on any atom is 0.328 e. The number of hydrogen-bond acceptors (Lipinski definition) is 4. The Hall–Kier alpha value is -1.63. The van der Waals surface area contributed by atoms with Crippen LogP contribution in [0.25, 0.3) is 0 Å². The van der Waals surface area contributed by atoms with Gasteiger partial charge in [-0.05, 0) is 19.8 Å². The number of amides is 2. The molecule has 0 radical (unpaired) electrons. The van der Waals surface area contributed by atoms with Gasteiger partial charge in [0.25, 0.3) is 0 Å². The zero-order valence-electron chi connectivity index (χ0n) is 12.7. The molecule has 0 aromatic carbocycles. The highest BCUT2D eigenvalue weighted by Gasteiger charge is 2.32. The quantitative estimate of drug-likeness (QED) is 0.653. The summed E-state index contributed by atoms with van der Waals surface area (Å²) < 4.78 is 0. The molecule has 1 rings (SSSR count). The lowest BCUT2D eigenvalue weighted by Crippen LogP contribution is -2.53. The third-order valence-electron chi connectivity index (χ3n) is 3.64. The molecule has 2 amide bonds. The first-order chi connectivity index (χ1) is 9.73. The number of carbonyl (C=O) groups is 3. The van der Waals surface area contributed by atoms with Crippen LogP contribution in [0, 0.1) is 11.8 Å². The van der Waals surface area contributed by atoms with Gasteiger partial charge in [0.1, 0.15) is 0 Å². The molecule has 1 saturated heterocycles. The monoisotopic (exact) mass is 300 g/mol. The average molecular weight is 300 g/mol. The van der Waals surface area contributed by atoms with E-state index in [1.165, 1.54) is 6.92 Å². The first-order valence-electron chi connectivity index (χ1n) is 7.24. The second-order valence-electron chi connectivity index (χ2n) is 5.84. The average Bonchev–Trinajstić information content (AvgIpc) is 2.42. The second-order valence-corrected chi connectivity index (χ2v) is 5.84. The molecule has 0 aliphatic carbocycles. The molecular weight excluding hydrogens is 276 g/mol. The van der Waals surface area contributed by atoms with Crippen LogP contribution in [0.5, 0.6) is 0 Å². The van der Waals surface area contributed by atoms with E-state index in [-0.39, 0.29) is 11.8 Å². The van der Waals surface area contributed by atoms with Crippen molar-refractivity contribution in [2.45, 2.75) is 45.8 Å². The van der Waals surface area contributed by atoms with Gasteiger partial charge in [-0.25, -0.2) is 4.79 Å². The number of rotatable bonds is 5. The van der Waals surface area contributed by atoms with Gasteiger partial charge in [-0.15, -0.1) is 0 Å². The largest absolute Gasteiger partial charge is 0.480 e. The van der Waals surface area contributed by atoms with Crippen LogP contribution < -0.4 is 5.32 Å². The van der Waals surface area contributed by atoms with Gasteiger partial charge >= 0.3 is 5.97 Å². The minimum absolute atomic E-state index is 0.00203. The fraction of sp³-hybridized carbons (Fsp3) is 0.786. The molecule has 1 heterocycles. The highest BCUT2D eigenvalue weighted by Crippen LogP contribution is 2.18. The summed E-state index contributed by atoms with van der Waals surface area (Å²) in [5, 5.41) is 20.7. The van der Waals surface area contributed by atoms with Crippen LogP contribution in [0.4, 0.5) is 0 Å². The molecule has 1 aliphatic rings. The van der Waals surface area contributed by atoms with Crippen molar-refractivity contribution in [2.75, 3.05) is 13.1 Å². The number of carboxylic acid groups (broad SMARTS) is 1. The standard InChI is InChI=1S/C14H24N2O5/c1-8(2)13(19)16-6-4-5-10(7-16)12(18)15-11(9(3)17)14(20)21/h8-11,17H,4-7H2,1-3H3,(H,15,18)(H,20,21)/t9-,10?,11+/m1/s1. The molecule has 0 saturated carbocycles. The van der Waals surface area contributed by atoms with Crippen LogP contribution in [0.2, 0.25) is 0 Å². The maximum absolute atomic E-state index is 12.1. The van der Waals surface area contributed by atoms with E-state index in [0.29, 0.717) is 25.9 Å². The Bertz CT molecular complexity index is 408. The SMILES string of the molecule is CC(C)C(=O)N1CCCC(C(=O)N[C@H](C(=O)O)[C@@H](C)O)C1. The van der Waals surface area contributed by atoms with E-state index < -0.39 is 29.9 Å². The van der Waals surface area contributed by atoms with Gasteiger partial charge in [-0.2, -0.15) is 0 Å². The Labute approximate surface area is 124 Å². The van der Waals surface area contributed by atoms with Gasteiger partial charge in [0.15, 0.2) is 6.04 Å². The van der Waals surface area contributed by atoms with Gasteiger partial charge in [0.05, 0.1) is 12.0 Å². The third kappa shape index (κ3) is 4.70. The lowest BCUT2D eigenvalue weighted by atomic mass is 9.95. The summed E-state index contributed by atoms with van der Waals surface area (Å²) in [5.41, 5.74) is 0. The lowest BCUT2D eigenvalue weighted by Gasteiger charge is -2.33. The Balaban J connectivity index is 2.65. The zero-order valence-corrected chi connectivity index (χ0v) is 12.7. The van der Waals surface area contributed by atoms with E-state index in [4.69, 9.17) is 5.11 Å². The van der Waals surface area contributed by atoms with Crippen molar-refractivity contribution >= 4 is 17.8 Å². The normalized spacial score (nSPS) is 21.8. The number of aliphatic carboxylic acids is 1. The van der Waals surface area contributed by atoms with E-state index in [1.807, 2.05) is 0 Å². The molecule has 0 bridgehead atoms. The summed E-state index contributed by atoms with van der Waals surface area (Å²) in [6.45, 7) is 5.85. The molecule has 7 nitrogen and oxygen atoms in total. The van der Waals surface area contributed by atoms with E-state index >= 15 is 0 Å². The van der Waals surface area contributed by atoms with Crippen molar-refractivity contribution in [3.63, 3.8) is 0 Å². The number of likely N-dealkylation sites (tertiary alicyclic amines) is 1. The van der Waals surface area contributed by atoms with Gasteiger partial charge in [0.2, 0.25) is 11.8 Å². The minimum Gasteiger partial charge on any atom is -0.480 e. The van der Waals surface area contributed by atoms with Crippen LogP contribution in [-0.4, -0.2) is 58.1 Å². The van der Waals surface area contributed by atoms with Crippen molar-refractivity contribution < 1.29 is 24.6 Å². The van der Waals surface area contributed by atoms with Crippen molar-refractivity contribution in [1.82, 2.24) is 10.2 Å². The van der Waals surface area contributed by atoms with E-state index in [0.717, 1.165) is 0 Å². The van der Waals surface area contributed by atoms with E-state index in [2.05, 4.69) is 5.32 Å². The first-order valence-corrected chi connectivity index (χ1v) is 7.24. The van der Waals surface area contributed by atoms with Crippen LogP contribution in [0.3, 0.4) is 0 Å². The van der Waals surface area contributed by atoms with Crippen molar-refractivity contribution in [3.8, 4) is 0 Å². The molecule has 0 spiro atoms. The van der Waals surface area contributed by atoms with Crippen LogP contribution >= 0.6 is 0 Å². The highest BCUT2D eigenvalue weighted by molar-refractivity contribution is 5.86. The van der Waals surface area contributed by atoms with Gasteiger partial charge < -0.3 is 20.4 Å². The van der Waals surface area contributed by atoms with Crippen molar-refractivity contribution in [1.29, 1.82) is 0 Å².